The van der Waals surface area contributed by atoms with Crippen LogP contribution in [0.2, 0.25) is 0 Å². The summed E-state index contributed by atoms with van der Waals surface area (Å²) in [5.74, 6) is -0.855. The maximum atomic E-state index is 12.8. The fourth-order valence-electron chi connectivity index (χ4n) is 0.817. The van der Waals surface area contributed by atoms with E-state index in [1.807, 2.05) is 0 Å². The second kappa shape index (κ2) is 2.81. The lowest BCUT2D eigenvalue weighted by molar-refractivity contribution is -0.387. The van der Waals surface area contributed by atoms with Crippen LogP contribution in [0.15, 0.2) is 12.1 Å². The number of nitrogen functional groups attached to an aromatic ring is 1. The molecule has 1 aromatic carbocycles. The maximum Gasteiger partial charge on any atom is 0.306 e. The lowest BCUT2D eigenvalue weighted by atomic mass is 9.94. The number of rotatable bonds is 1. The molecule has 0 heterocycles. The van der Waals surface area contributed by atoms with Gasteiger partial charge in [-0.05, 0) is 6.07 Å². The molecule has 0 aliphatic rings. The Bertz CT molecular complexity index is 343. The van der Waals surface area contributed by atoms with Crippen LogP contribution in [0.1, 0.15) is 0 Å². The van der Waals surface area contributed by atoms with Gasteiger partial charge in [-0.25, -0.2) is 0 Å². The Balaban J connectivity index is 3.33. The lowest BCUT2D eigenvalue weighted by Gasteiger charge is -1.99. The second-order valence-electron chi connectivity index (χ2n) is 2.42. The zero-order valence-electron chi connectivity index (χ0n) is 6.37. The van der Waals surface area contributed by atoms with Crippen molar-refractivity contribution in [1.82, 2.24) is 0 Å². The van der Waals surface area contributed by atoms with Gasteiger partial charge in [0.15, 0.2) is 5.82 Å². The molecule has 62 valence electrons. The van der Waals surface area contributed by atoms with Gasteiger partial charge in [0.1, 0.15) is 7.85 Å². The van der Waals surface area contributed by atoms with Crippen LogP contribution in [-0.2, 0) is 0 Å². The van der Waals surface area contributed by atoms with Crippen LogP contribution in [0.4, 0.5) is 15.8 Å². The Morgan fingerprint density at radius 1 is 1.58 bits per heavy atom. The third-order valence-electron chi connectivity index (χ3n) is 1.53. The van der Waals surface area contributed by atoms with Crippen LogP contribution in [0.3, 0.4) is 0 Å². The first-order chi connectivity index (χ1) is 5.52. The van der Waals surface area contributed by atoms with Crippen LogP contribution >= 0.6 is 0 Å². The molecule has 12 heavy (non-hydrogen) atoms. The standard InChI is InChI=1S/C6H6BFN2O2/c7-3-1-4(8)6(10(11)12)2-5(3)9/h1-2H,7,9H2. The first kappa shape index (κ1) is 8.51. The number of hydrogen-bond acceptors (Lipinski definition) is 3. The Labute approximate surface area is 68.7 Å². The average Bonchev–Trinajstić information content (AvgIpc) is 1.96. The number of nitro benzene ring substituents is 1. The molecule has 0 bridgehead atoms. The third-order valence-corrected chi connectivity index (χ3v) is 1.53. The molecule has 0 spiro atoms. The van der Waals surface area contributed by atoms with E-state index in [2.05, 4.69) is 0 Å². The van der Waals surface area contributed by atoms with Crippen molar-refractivity contribution >= 4 is 24.7 Å². The molecule has 0 radical (unpaired) electrons. The van der Waals surface area contributed by atoms with E-state index in [1.54, 1.807) is 7.85 Å². The molecule has 1 aromatic rings. The van der Waals surface area contributed by atoms with E-state index >= 15 is 0 Å². The van der Waals surface area contributed by atoms with E-state index in [-0.39, 0.29) is 5.69 Å². The van der Waals surface area contributed by atoms with Crippen molar-refractivity contribution in [1.29, 1.82) is 0 Å². The molecular weight excluding hydrogens is 162 g/mol. The highest BCUT2D eigenvalue weighted by Gasteiger charge is 2.14. The molecule has 0 aliphatic carbocycles. The molecule has 0 fully saturated rings. The summed E-state index contributed by atoms with van der Waals surface area (Å²) in [5.41, 5.74) is 5.49. The highest BCUT2D eigenvalue weighted by Crippen LogP contribution is 2.17. The van der Waals surface area contributed by atoms with Gasteiger partial charge in [-0.3, -0.25) is 10.1 Å². The average molecular weight is 168 g/mol. The van der Waals surface area contributed by atoms with Gasteiger partial charge in [0, 0.05) is 11.8 Å². The molecule has 0 saturated heterocycles. The Morgan fingerprint density at radius 3 is 2.67 bits per heavy atom. The zero-order chi connectivity index (χ0) is 9.30. The summed E-state index contributed by atoms with van der Waals surface area (Å²) in [6.07, 6.45) is 0. The molecular formula is C6H6BFN2O2. The van der Waals surface area contributed by atoms with Crippen molar-refractivity contribution < 1.29 is 9.31 Å². The molecule has 0 aliphatic heterocycles. The number of nitro groups is 1. The van der Waals surface area contributed by atoms with Gasteiger partial charge < -0.3 is 5.73 Å². The smallest absolute Gasteiger partial charge is 0.306 e. The third kappa shape index (κ3) is 1.36. The normalized spacial score (nSPS) is 9.75. The fourth-order valence-corrected chi connectivity index (χ4v) is 0.817. The molecule has 0 aromatic heterocycles. The van der Waals surface area contributed by atoms with Crippen LogP contribution in [0, 0.1) is 15.9 Å². The van der Waals surface area contributed by atoms with Crippen molar-refractivity contribution in [2.24, 2.45) is 0 Å². The number of anilines is 1. The molecule has 0 unspecified atom stereocenters. The van der Waals surface area contributed by atoms with Crippen molar-refractivity contribution in [3.05, 3.63) is 28.1 Å². The van der Waals surface area contributed by atoms with E-state index in [0.717, 1.165) is 12.1 Å². The van der Waals surface area contributed by atoms with E-state index in [0.29, 0.717) is 5.46 Å². The minimum absolute atomic E-state index is 0.225. The van der Waals surface area contributed by atoms with Gasteiger partial charge >= 0.3 is 5.69 Å². The molecule has 0 saturated carbocycles. The highest BCUT2D eigenvalue weighted by molar-refractivity contribution is 6.35. The monoisotopic (exact) mass is 168 g/mol. The van der Waals surface area contributed by atoms with E-state index in [1.165, 1.54) is 0 Å². The summed E-state index contributed by atoms with van der Waals surface area (Å²) in [7, 11) is 1.59. The predicted octanol–water partition coefficient (Wildman–Crippen LogP) is -0.426. The second-order valence-corrected chi connectivity index (χ2v) is 2.42. The van der Waals surface area contributed by atoms with Gasteiger partial charge in [-0.2, -0.15) is 4.39 Å². The molecule has 4 nitrogen and oxygen atoms in total. The summed E-state index contributed by atoms with van der Waals surface area (Å²) in [4.78, 5) is 9.39. The zero-order valence-corrected chi connectivity index (χ0v) is 6.37. The molecule has 1 rings (SSSR count). The van der Waals surface area contributed by atoms with E-state index in [9.17, 15) is 14.5 Å². The molecule has 0 atom stereocenters. The highest BCUT2D eigenvalue weighted by atomic mass is 19.1. The minimum atomic E-state index is -0.855. The largest absolute Gasteiger partial charge is 0.399 e. The number of nitrogens with two attached hydrogens (primary N) is 1. The van der Waals surface area contributed by atoms with Gasteiger partial charge in [-0.15, -0.1) is 0 Å². The van der Waals surface area contributed by atoms with Crippen molar-refractivity contribution in [3.8, 4) is 0 Å². The van der Waals surface area contributed by atoms with Crippen molar-refractivity contribution in [3.63, 3.8) is 0 Å². The van der Waals surface area contributed by atoms with Crippen LogP contribution in [0.25, 0.3) is 0 Å². The van der Waals surface area contributed by atoms with E-state index in [4.69, 9.17) is 5.73 Å². The van der Waals surface area contributed by atoms with Gasteiger partial charge in [0.2, 0.25) is 0 Å². The number of halogens is 1. The Kier molecular flexibility index (Phi) is 1.99. The molecule has 6 heteroatoms. The van der Waals surface area contributed by atoms with Crippen LogP contribution < -0.4 is 11.2 Å². The van der Waals surface area contributed by atoms with E-state index < -0.39 is 16.4 Å². The quantitative estimate of drug-likeness (QED) is 0.268. The topological polar surface area (TPSA) is 69.2 Å². The summed E-state index contributed by atoms with van der Waals surface area (Å²) >= 11 is 0. The van der Waals surface area contributed by atoms with Gasteiger partial charge in [-0.1, -0.05) is 5.46 Å². The SMILES string of the molecule is Bc1cc(F)c([N+](=O)[O-])cc1N. The first-order valence-corrected chi connectivity index (χ1v) is 3.22. The minimum Gasteiger partial charge on any atom is -0.399 e. The lowest BCUT2D eigenvalue weighted by Crippen LogP contribution is -2.11. The van der Waals surface area contributed by atoms with Crippen LogP contribution in [0.5, 0.6) is 0 Å². The summed E-state index contributed by atoms with van der Waals surface area (Å²) in [6.45, 7) is 0. The number of benzene rings is 1. The van der Waals surface area contributed by atoms with Crippen molar-refractivity contribution in [2.45, 2.75) is 0 Å². The Hall–Kier alpha value is -1.59. The summed E-state index contributed by atoms with van der Waals surface area (Å²) < 4.78 is 12.8. The van der Waals surface area contributed by atoms with Gasteiger partial charge in [0.25, 0.3) is 0 Å². The molecule has 0 amide bonds. The first-order valence-electron chi connectivity index (χ1n) is 3.22. The fraction of sp³-hybridized carbons (Fsp3) is 0. The predicted molar refractivity (Wildman–Crippen MR) is 45.6 cm³/mol. The van der Waals surface area contributed by atoms with Crippen molar-refractivity contribution in [2.75, 3.05) is 5.73 Å². The van der Waals surface area contributed by atoms with Crippen LogP contribution in [-0.4, -0.2) is 12.8 Å². The summed E-state index contributed by atoms with van der Waals surface area (Å²) in [6, 6.07) is 2.07. The Morgan fingerprint density at radius 2 is 2.17 bits per heavy atom. The summed E-state index contributed by atoms with van der Waals surface area (Å²) in [5, 5.41) is 10.2. The van der Waals surface area contributed by atoms with Gasteiger partial charge in [0.05, 0.1) is 4.92 Å². The number of hydrogen-bond donors (Lipinski definition) is 1. The maximum absolute atomic E-state index is 12.8. The molecule has 2 N–H and O–H groups in total. The number of nitrogens with zero attached hydrogens (tertiary/aromatic N) is 1.